The summed E-state index contributed by atoms with van der Waals surface area (Å²) in [5.74, 6) is 1.20. The fraction of sp³-hybridized carbons (Fsp3) is 0.333. The number of carbonyl (C=O) groups excluding carboxylic acids is 2. The summed E-state index contributed by atoms with van der Waals surface area (Å²) in [6.07, 6.45) is 0. The quantitative estimate of drug-likeness (QED) is 0.458. The molecule has 0 radical (unpaired) electrons. The summed E-state index contributed by atoms with van der Waals surface area (Å²) in [4.78, 5) is 30.1. The standard InChI is InChI=1S/C27H31FN2O4/c1-19-6-13-24(34-19)17-29(16-20-7-11-22(28)12-8-20)25(31)18-30(27(2,3)4)26(32)21-9-14-23(33-5)15-10-21/h6-15H,16-18H2,1-5H3. The van der Waals surface area contributed by atoms with Crippen LogP contribution in [0.15, 0.2) is 65.1 Å². The molecule has 0 N–H and O–H groups in total. The third-order valence-electron chi connectivity index (χ3n) is 5.47. The van der Waals surface area contributed by atoms with Crippen LogP contribution in [0.5, 0.6) is 5.75 Å². The predicted octanol–water partition coefficient (Wildman–Crippen LogP) is 5.21. The fourth-order valence-electron chi connectivity index (χ4n) is 3.54. The van der Waals surface area contributed by atoms with Crippen LogP contribution in [0.2, 0.25) is 0 Å². The van der Waals surface area contributed by atoms with Gasteiger partial charge in [-0.05, 0) is 81.8 Å². The highest BCUT2D eigenvalue weighted by molar-refractivity contribution is 5.97. The van der Waals surface area contributed by atoms with Gasteiger partial charge in [0.05, 0.1) is 13.7 Å². The number of aryl methyl sites for hydroxylation is 1. The van der Waals surface area contributed by atoms with Crippen molar-refractivity contribution in [3.05, 3.63) is 89.1 Å². The van der Waals surface area contributed by atoms with Crippen molar-refractivity contribution in [2.75, 3.05) is 13.7 Å². The summed E-state index contributed by atoms with van der Waals surface area (Å²) < 4.78 is 24.2. The van der Waals surface area contributed by atoms with E-state index in [0.717, 1.165) is 11.3 Å². The van der Waals surface area contributed by atoms with Gasteiger partial charge in [-0.3, -0.25) is 9.59 Å². The second kappa shape index (κ2) is 10.5. The Morgan fingerprint density at radius 3 is 2.12 bits per heavy atom. The van der Waals surface area contributed by atoms with Crippen molar-refractivity contribution in [3.8, 4) is 5.75 Å². The minimum absolute atomic E-state index is 0.116. The van der Waals surface area contributed by atoms with Crippen molar-refractivity contribution in [2.45, 2.75) is 46.3 Å². The molecular formula is C27H31FN2O4. The Balaban J connectivity index is 1.85. The van der Waals surface area contributed by atoms with Gasteiger partial charge >= 0.3 is 0 Å². The highest BCUT2D eigenvalue weighted by Crippen LogP contribution is 2.21. The lowest BCUT2D eigenvalue weighted by molar-refractivity contribution is -0.134. The minimum atomic E-state index is -0.602. The zero-order valence-corrected chi connectivity index (χ0v) is 20.3. The monoisotopic (exact) mass is 466 g/mol. The Labute approximate surface area is 199 Å². The Morgan fingerprint density at radius 2 is 1.59 bits per heavy atom. The van der Waals surface area contributed by atoms with Gasteiger partial charge in [0.25, 0.3) is 5.91 Å². The van der Waals surface area contributed by atoms with Gasteiger partial charge in [0.15, 0.2) is 0 Å². The number of methoxy groups -OCH3 is 1. The molecule has 0 fully saturated rings. The van der Waals surface area contributed by atoms with E-state index in [1.807, 2.05) is 39.8 Å². The molecule has 0 aliphatic heterocycles. The number of furan rings is 1. The van der Waals surface area contributed by atoms with Gasteiger partial charge in [-0.25, -0.2) is 4.39 Å². The lowest BCUT2D eigenvalue weighted by Crippen LogP contribution is -2.51. The molecule has 0 spiro atoms. The summed E-state index contributed by atoms with van der Waals surface area (Å²) in [7, 11) is 1.56. The summed E-state index contributed by atoms with van der Waals surface area (Å²) >= 11 is 0. The summed E-state index contributed by atoms with van der Waals surface area (Å²) in [6.45, 7) is 7.89. The number of ether oxygens (including phenoxy) is 1. The first-order chi connectivity index (χ1) is 16.1. The van der Waals surface area contributed by atoms with E-state index in [1.165, 1.54) is 12.1 Å². The molecule has 3 rings (SSSR count). The molecule has 2 aromatic carbocycles. The zero-order valence-electron chi connectivity index (χ0n) is 20.3. The first-order valence-electron chi connectivity index (χ1n) is 11.1. The molecule has 0 bridgehead atoms. The molecule has 2 amide bonds. The van der Waals surface area contributed by atoms with Gasteiger partial charge in [0, 0.05) is 17.6 Å². The van der Waals surface area contributed by atoms with E-state index < -0.39 is 5.54 Å². The van der Waals surface area contributed by atoms with Gasteiger partial charge < -0.3 is 19.0 Å². The number of amides is 2. The van der Waals surface area contributed by atoms with E-state index in [9.17, 15) is 14.0 Å². The van der Waals surface area contributed by atoms with E-state index in [-0.39, 0.29) is 37.3 Å². The molecule has 34 heavy (non-hydrogen) atoms. The number of rotatable bonds is 8. The fourth-order valence-corrected chi connectivity index (χ4v) is 3.54. The maximum atomic E-state index is 13.5. The van der Waals surface area contributed by atoms with Crippen molar-refractivity contribution in [1.29, 1.82) is 0 Å². The predicted molar refractivity (Wildman–Crippen MR) is 128 cm³/mol. The molecule has 0 aliphatic carbocycles. The van der Waals surface area contributed by atoms with Crippen LogP contribution >= 0.6 is 0 Å². The third kappa shape index (κ3) is 6.47. The summed E-state index contributed by atoms with van der Waals surface area (Å²) in [6, 6.07) is 16.5. The number of carbonyl (C=O) groups is 2. The zero-order chi connectivity index (χ0) is 24.9. The Hall–Kier alpha value is -3.61. The number of hydrogen-bond acceptors (Lipinski definition) is 4. The lowest BCUT2D eigenvalue weighted by Gasteiger charge is -2.36. The van der Waals surface area contributed by atoms with Gasteiger partial charge in [-0.1, -0.05) is 12.1 Å². The first-order valence-corrected chi connectivity index (χ1v) is 11.1. The smallest absolute Gasteiger partial charge is 0.254 e. The van der Waals surface area contributed by atoms with Crippen molar-refractivity contribution < 1.29 is 23.1 Å². The number of benzene rings is 2. The van der Waals surface area contributed by atoms with E-state index in [1.54, 1.807) is 53.3 Å². The van der Waals surface area contributed by atoms with Gasteiger partial charge in [-0.2, -0.15) is 0 Å². The van der Waals surface area contributed by atoms with Crippen LogP contribution in [0.25, 0.3) is 0 Å². The third-order valence-corrected chi connectivity index (χ3v) is 5.47. The molecule has 0 saturated heterocycles. The van der Waals surface area contributed by atoms with Crippen LogP contribution in [-0.2, 0) is 17.9 Å². The largest absolute Gasteiger partial charge is 0.497 e. The van der Waals surface area contributed by atoms with Crippen LogP contribution in [-0.4, -0.2) is 40.8 Å². The Morgan fingerprint density at radius 1 is 0.941 bits per heavy atom. The Kier molecular flexibility index (Phi) is 7.76. The summed E-state index contributed by atoms with van der Waals surface area (Å²) in [5, 5.41) is 0. The molecule has 3 aromatic rings. The number of halogens is 1. The molecular weight excluding hydrogens is 435 g/mol. The van der Waals surface area contributed by atoms with Gasteiger partial charge in [-0.15, -0.1) is 0 Å². The van der Waals surface area contributed by atoms with Crippen LogP contribution in [0.4, 0.5) is 4.39 Å². The van der Waals surface area contributed by atoms with Crippen LogP contribution in [0.1, 0.15) is 48.2 Å². The number of hydrogen-bond donors (Lipinski definition) is 0. The normalized spacial score (nSPS) is 11.2. The van der Waals surface area contributed by atoms with E-state index in [4.69, 9.17) is 9.15 Å². The average molecular weight is 467 g/mol. The van der Waals surface area contributed by atoms with E-state index in [2.05, 4.69) is 0 Å². The van der Waals surface area contributed by atoms with E-state index >= 15 is 0 Å². The van der Waals surface area contributed by atoms with Crippen molar-refractivity contribution in [3.63, 3.8) is 0 Å². The lowest BCUT2D eigenvalue weighted by atomic mass is 10.0. The molecule has 0 aliphatic rings. The van der Waals surface area contributed by atoms with Gasteiger partial charge in [0.2, 0.25) is 5.91 Å². The molecule has 6 nitrogen and oxygen atoms in total. The molecule has 1 heterocycles. The maximum absolute atomic E-state index is 13.5. The topological polar surface area (TPSA) is 63.0 Å². The second-order valence-electron chi connectivity index (χ2n) is 9.18. The SMILES string of the molecule is COc1ccc(C(=O)N(CC(=O)N(Cc2ccc(F)cc2)Cc2ccc(C)o2)C(C)(C)C)cc1. The number of nitrogens with zero attached hydrogens (tertiary/aromatic N) is 2. The van der Waals surface area contributed by atoms with E-state index in [0.29, 0.717) is 17.1 Å². The van der Waals surface area contributed by atoms with Crippen molar-refractivity contribution in [2.24, 2.45) is 0 Å². The highest BCUT2D eigenvalue weighted by Gasteiger charge is 2.31. The first kappa shape index (κ1) is 25.0. The van der Waals surface area contributed by atoms with Gasteiger partial charge in [0.1, 0.15) is 29.6 Å². The molecule has 0 saturated carbocycles. The highest BCUT2D eigenvalue weighted by atomic mass is 19.1. The summed E-state index contributed by atoms with van der Waals surface area (Å²) in [5.41, 5.74) is 0.646. The minimum Gasteiger partial charge on any atom is -0.497 e. The maximum Gasteiger partial charge on any atom is 0.254 e. The van der Waals surface area contributed by atoms with Crippen LogP contribution in [0, 0.1) is 12.7 Å². The Bertz CT molecular complexity index is 1110. The van der Waals surface area contributed by atoms with Crippen molar-refractivity contribution >= 4 is 11.8 Å². The van der Waals surface area contributed by atoms with Crippen LogP contribution < -0.4 is 4.74 Å². The molecule has 1 aromatic heterocycles. The molecule has 0 atom stereocenters. The molecule has 0 unspecified atom stereocenters. The average Bonchev–Trinajstić information content (AvgIpc) is 3.21. The van der Waals surface area contributed by atoms with Crippen LogP contribution in [0.3, 0.4) is 0 Å². The molecule has 180 valence electrons. The van der Waals surface area contributed by atoms with Crippen molar-refractivity contribution in [1.82, 2.24) is 9.80 Å². The molecule has 7 heteroatoms. The second-order valence-corrected chi connectivity index (χ2v) is 9.18.